The third kappa shape index (κ3) is 14.7. The fourth-order valence-corrected chi connectivity index (χ4v) is 1.99. The smallest absolute Gasteiger partial charge is 0.430 e. The van der Waals surface area contributed by atoms with Gasteiger partial charge in [-0.3, -0.25) is 18.6 Å². The van der Waals surface area contributed by atoms with Crippen molar-refractivity contribution in [1.29, 1.82) is 0 Å². The van der Waals surface area contributed by atoms with Crippen LogP contribution >= 0.6 is 18.2 Å². The van der Waals surface area contributed by atoms with Crippen LogP contribution in [0.15, 0.2) is 0 Å². The number of carbonyl (C=O) groups is 2. The predicted octanol–water partition coefficient (Wildman–Crippen LogP) is 4.24. The highest BCUT2D eigenvalue weighted by Gasteiger charge is 2.24. The van der Waals surface area contributed by atoms with Gasteiger partial charge in [0.2, 0.25) is 13.6 Å². The molecule has 0 spiro atoms. The molecule has 0 aliphatic rings. The van der Waals surface area contributed by atoms with E-state index in [9.17, 15) is 14.2 Å². The molecule has 0 fully saturated rings. The van der Waals surface area contributed by atoms with E-state index in [0.717, 1.165) is 0 Å². The summed E-state index contributed by atoms with van der Waals surface area (Å²) in [6, 6.07) is 0. The Bertz CT molecular complexity index is 413. The minimum atomic E-state index is -3.99. The summed E-state index contributed by atoms with van der Waals surface area (Å²) in [5.74, 6) is -1.02. The number of rotatable bonds is 8. The molecule has 0 unspecified atom stereocenters. The Morgan fingerprint density at radius 2 is 1.13 bits per heavy atom. The molecule has 0 aliphatic heterocycles. The van der Waals surface area contributed by atoms with E-state index in [-0.39, 0.29) is 23.7 Å². The molecular weight excluding hydrogens is 347 g/mol. The lowest BCUT2D eigenvalue weighted by atomic mass is 9.92. The fraction of sp³-hybridized carbons (Fsp3) is 0.857. The Morgan fingerprint density at radius 1 is 0.826 bits per heavy atom. The van der Waals surface area contributed by atoms with Gasteiger partial charge in [-0.15, -0.1) is 0 Å². The molecule has 0 saturated carbocycles. The van der Waals surface area contributed by atoms with Crippen LogP contribution in [0.25, 0.3) is 0 Å². The van der Waals surface area contributed by atoms with Crippen molar-refractivity contribution in [2.24, 2.45) is 10.8 Å². The number of halogens is 1. The standard InChI is InChI=1S/C14H26ClO7P/c1-13(2,3)7-11(16)19-9-21-23(15,18)22-10-20-12(17)8-14(4,5)6/h7-10H2,1-6H3. The summed E-state index contributed by atoms with van der Waals surface area (Å²) in [5, 5.41) is 0. The van der Waals surface area contributed by atoms with Crippen LogP contribution in [0.1, 0.15) is 54.4 Å². The Balaban J connectivity index is 4.00. The summed E-state index contributed by atoms with van der Waals surface area (Å²) in [6.07, 6.45) is 0.350. The molecule has 9 heteroatoms. The lowest BCUT2D eigenvalue weighted by molar-refractivity contribution is -0.153. The van der Waals surface area contributed by atoms with E-state index in [4.69, 9.17) is 20.7 Å². The van der Waals surface area contributed by atoms with Gasteiger partial charge in [0.25, 0.3) is 0 Å². The second kappa shape index (κ2) is 9.02. The molecule has 0 aliphatic carbocycles. The largest absolute Gasteiger partial charge is 0.438 e. The lowest BCUT2D eigenvalue weighted by Gasteiger charge is -2.18. The third-order valence-electron chi connectivity index (χ3n) is 2.20. The van der Waals surface area contributed by atoms with E-state index >= 15 is 0 Å². The minimum Gasteiger partial charge on any atom is -0.438 e. The molecule has 0 aromatic rings. The van der Waals surface area contributed by atoms with Crippen LogP contribution in [-0.2, 0) is 32.7 Å². The first kappa shape index (κ1) is 22.4. The van der Waals surface area contributed by atoms with Gasteiger partial charge in [0.05, 0.1) is 12.8 Å². The van der Waals surface area contributed by atoms with Crippen LogP contribution < -0.4 is 0 Å². The highest BCUT2D eigenvalue weighted by Crippen LogP contribution is 2.53. The predicted molar refractivity (Wildman–Crippen MR) is 85.7 cm³/mol. The highest BCUT2D eigenvalue weighted by atomic mass is 35.7. The van der Waals surface area contributed by atoms with Crippen LogP contribution in [-0.4, -0.2) is 25.5 Å². The first-order chi connectivity index (χ1) is 10.2. The van der Waals surface area contributed by atoms with Crippen molar-refractivity contribution >= 4 is 30.1 Å². The van der Waals surface area contributed by atoms with E-state index < -0.39 is 32.5 Å². The van der Waals surface area contributed by atoms with Gasteiger partial charge in [-0.05, 0) is 10.8 Å². The van der Waals surface area contributed by atoms with Crippen molar-refractivity contribution in [3.8, 4) is 0 Å². The van der Waals surface area contributed by atoms with Crippen LogP contribution in [0.5, 0.6) is 0 Å². The molecule has 0 amide bonds. The van der Waals surface area contributed by atoms with Gasteiger partial charge in [-0.25, -0.2) is 4.57 Å². The number of esters is 2. The molecule has 0 heterocycles. The molecule has 0 aromatic carbocycles. The third-order valence-corrected chi connectivity index (χ3v) is 3.62. The van der Waals surface area contributed by atoms with Gasteiger partial charge < -0.3 is 9.47 Å². The van der Waals surface area contributed by atoms with E-state index in [1.807, 2.05) is 41.5 Å². The number of hydrogen-bond donors (Lipinski definition) is 0. The number of ether oxygens (including phenoxy) is 2. The van der Waals surface area contributed by atoms with Gasteiger partial charge in [-0.2, -0.15) is 0 Å². The zero-order chi connectivity index (χ0) is 18.3. The Kier molecular flexibility index (Phi) is 8.77. The summed E-state index contributed by atoms with van der Waals surface area (Å²) < 4.78 is 30.5. The zero-order valence-electron chi connectivity index (χ0n) is 14.5. The van der Waals surface area contributed by atoms with Gasteiger partial charge in [-0.1, -0.05) is 41.5 Å². The van der Waals surface area contributed by atoms with Crippen LogP contribution in [0.4, 0.5) is 0 Å². The van der Waals surface area contributed by atoms with Crippen molar-refractivity contribution in [2.75, 3.05) is 13.6 Å². The van der Waals surface area contributed by atoms with Crippen molar-refractivity contribution in [1.82, 2.24) is 0 Å². The highest BCUT2D eigenvalue weighted by molar-refractivity contribution is 7.81. The van der Waals surface area contributed by atoms with Crippen molar-refractivity contribution < 1.29 is 32.7 Å². The van der Waals surface area contributed by atoms with E-state index in [2.05, 4.69) is 9.05 Å². The lowest BCUT2D eigenvalue weighted by Crippen LogP contribution is -2.17. The summed E-state index contributed by atoms with van der Waals surface area (Å²) in [4.78, 5) is 22.9. The summed E-state index contributed by atoms with van der Waals surface area (Å²) in [5.41, 5.74) is -0.473. The topological polar surface area (TPSA) is 88.1 Å². The average Bonchev–Trinajstić information content (AvgIpc) is 2.22. The number of carbonyl (C=O) groups excluding carboxylic acids is 2. The van der Waals surface area contributed by atoms with Gasteiger partial charge in [0.15, 0.2) is 0 Å². The molecule has 23 heavy (non-hydrogen) atoms. The summed E-state index contributed by atoms with van der Waals surface area (Å²) >= 11 is 5.50. The van der Waals surface area contributed by atoms with Crippen molar-refractivity contribution in [3.05, 3.63) is 0 Å². The Labute approximate surface area is 142 Å². The van der Waals surface area contributed by atoms with Crippen LogP contribution in [0.3, 0.4) is 0 Å². The molecule has 0 bridgehead atoms. The molecule has 0 rings (SSSR count). The van der Waals surface area contributed by atoms with Crippen LogP contribution in [0, 0.1) is 10.8 Å². The SMILES string of the molecule is CC(C)(C)CC(=O)OCOP(=O)(Cl)OCOC(=O)CC(C)(C)C. The molecular formula is C14H26ClO7P. The maximum absolute atomic E-state index is 11.7. The minimum absolute atomic E-state index is 0.175. The maximum Gasteiger partial charge on any atom is 0.430 e. The van der Waals surface area contributed by atoms with Crippen LogP contribution in [0.2, 0.25) is 0 Å². The monoisotopic (exact) mass is 372 g/mol. The van der Waals surface area contributed by atoms with Crippen molar-refractivity contribution in [2.45, 2.75) is 54.4 Å². The van der Waals surface area contributed by atoms with Gasteiger partial charge in [0, 0.05) is 11.2 Å². The second-order valence-corrected chi connectivity index (χ2v) is 10.1. The molecule has 0 atom stereocenters. The molecule has 136 valence electrons. The normalized spacial score (nSPS) is 12.8. The zero-order valence-corrected chi connectivity index (χ0v) is 16.2. The molecule has 0 aromatic heterocycles. The summed E-state index contributed by atoms with van der Waals surface area (Å²) in [6.45, 7) is 6.03. The van der Waals surface area contributed by atoms with Gasteiger partial charge in [0.1, 0.15) is 0 Å². The molecule has 0 radical (unpaired) electrons. The van der Waals surface area contributed by atoms with E-state index in [0.29, 0.717) is 0 Å². The molecule has 7 nitrogen and oxygen atoms in total. The average molecular weight is 373 g/mol. The first-order valence-electron chi connectivity index (χ1n) is 7.10. The maximum atomic E-state index is 11.7. The molecule has 0 N–H and O–H groups in total. The molecule has 0 saturated heterocycles. The Morgan fingerprint density at radius 3 is 1.39 bits per heavy atom. The number of hydrogen-bond acceptors (Lipinski definition) is 7. The van der Waals surface area contributed by atoms with E-state index in [1.165, 1.54) is 0 Å². The van der Waals surface area contributed by atoms with Crippen molar-refractivity contribution in [3.63, 3.8) is 0 Å². The quantitative estimate of drug-likeness (QED) is 0.357. The second-order valence-electron chi connectivity index (χ2n) is 7.43. The Hall–Kier alpha value is -0.620. The van der Waals surface area contributed by atoms with E-state index in [1.54, 1.807) is 0 Å². The first-order valence-corrected chi connectivity index (χ1v) is 9.55. The van der Waals surface area contributed by atoms with Gasteiger partial charge >= 0.3 is 18.9 Å². The summed E-state index contributed by atoms with van der Waals surface area (Å²) in [7, 11) is 0. The fourth-order valence-electron chi connectivity index (χ4n) is 1.32.